The van der Waals surface area contributed by atoms with Crippen molar-refractivity contribution < 1.29 is 14.3 Å². The number of amides is 1. The Morgan fingerprint density at radius 2 is 2.00 bits per heavy atom. The standard InChI is InChI=1S/C15H22N2O3/c1-10-7-13(19-2)14(20-3)8-12(10)17-15(18)11-5-4-6-16-9-11/h7-8,11,16H,4-6,9H2,1-3H3,(H,17,18)/t11-/m0/s1. The molecule has 110 valence electrons. The summed E-state index contributed by atoms with van der Waals surface area (Å²) in [5.41, 5.74) is 1.73. The number of benzene rings is 1. The van der Waals surface area contributed by atoms with E-state index >= 15 is 0 Å². The first-order valence-electron chi connectivity index (χ1n) is 6.90. The molecule has 0 unspecified atom stereocenters. The molecule has 2 rings (SSSR count). The topological polar surface area (TPSA) is 59.6 Å². The van der Waals surface area contributed by atoms with Crippen LogP contribution in [0.25, 0.3) is 0 Å². The third-order valence-corrected chi connectivity index (χ3v) is 3.66. The SMILES string of the molecule is COc1cc(C)c(NC(=O)[C@H]2CCCNC2)cc1OC. The van der Waals surface area contributed by atoms with Gasteiger partial charge in [0.1, 0.15) is 0 Å². The van der Waals surface area contributed by atoms with E-state index in [0.717, 1.165) is 37.2 Å². The van der Waals surface area contributed by atoms with Gasteiger partial charge in [-0.3, -0.25) is 4.79 Å². The van der Waals surface area contributed by atoms with Crippen LogP contribution in [0.15, 0.2) is 12.1 Å². The van der Waals surface area contributed by atoms with E-state index < -0.39 is 0 Å². The highest BCUT2D eigenvalue weighted by molar-refractivity contribution is 5.93. The summed E-state index contributed by atoms with van der Waals surface area (Å²) in [6.07, 6.45) is 1.98. The normalized spacial score (nSPS) is 18.4. The number of hydrogen-bond acceptors (Lipinski definition) is 4. The number of methoxy groups -OCH3 is 2. The minimum atomic E-state index is 0.0382. The molecule has 20 heavy (non-hydrogen) atoms. The Balaban J connectivity index is 2.13. The van der Waals surface area contributed by atoms with Crippen molar-refractivity contribution in [1.29, 1.82) is 0 Å². The van der Waals surface area contributed by atoms with Crippen molar-refractivity contribution in [2.75, 3.05) is 32.6 Å². The van der Waals surface area contributed by atoms with Gasteiger partial charge in [-0.1, -0.05) is 0 Å². The molecule has 0 aromatic heterocycles. The minimum Gasteiger partial charge on any atom is -0.493 e. The Morgan fingerprint density at radius 3 is 2.60 bits per heavy atom. The molecule has 0 radical (unpaired) electrons. The largest absolute Gasteiger partial charge is 0.493 e. The number of carbonyl (C=O) groups excluding carboxylic acids is 1. The molecule has 0 bridgehead atoms. The molecule has 0 spiro atoms. The Hall–Kier alpha value is -1.75. The molecule has 0 aliphatic carbocycles. The van der Waals surface area contributed by atoms with Crippen molar-refractivity contribution in [2.24, 2.45) is 5.92 Å². The van der Waals surface area contributed by atoms with Crippen molar-refractivity contribution >= 4 is 11.6 Å². The van der Waals surface area contributed by atoms with Gasteiger partial charge in [-0.25, -0.2) is 0 Å². The van der Waals surface area contributed by atoms with Gasteiger partial charge in [0.05, 0.1) is 20.1 Å². The van der Waals surface area contributed by atoms with Crippen LogP contribution < -0.4 is 20.1 Å². The second-order valence-electron chi connectivity index (χ2n) is 5.05. The van der Waals surface area contributed by atoms with Crippen molar-refractivity contribution in [3.8, 4) is 11.5 Å². The summed E-state index contributed by atoms with van der Waals surface area (Å²) < 4.78 is 10.5. The van der Waals surface area contributed by atoms with Gasteiger partial charge in [-0.05, 0) is 37.9 Å². The van der Waals surface area contributed by atoms with Gasteiger partial charge in [0, 0.05) is 18.3 Å². The smallest absolute Gasteiger partial charge is 0.228 e. The molecule has 1 fully saturated rings. The van der Waals surface area contributed by atoms with Gasteiger partial charge < -0.3 is 20.1 Å². The minimum absolute atomic E-state index is 0.0382. The highest BCUT2D eigenvalue weighted by Crippen LogP contribution is 2.33. The van der Waals surface area contributed by atoms with E-state index in [4.69, 9.17) is 9.47 Å². The third kappa shape index (κ3) is 3.22. The zero-order valence-corrected chi connectivity index (χ0v) is 12.3. The second kappa shape index (κ2) is 6.61. The fraction of sp³-hybridized carbons (Fsp3) is 0.533. The molecule has 1 atom stereocenters. The van der Waals surface area contributed by atoms with Crippen LogP contribution in [0.4, 0.5) is 5.69 Å². The van der Waals surface area contributed by atoms with E-state index in [1.807, 2.05) is 19.1 Å². The maximum atomic E-state index is 12.3. The van der Waals surface area contributed by atoms with Crippen molar-refractivity contribution in [2.45, 2.75) is 19.8 Å². The van der Waals surface area contributed by atoms with E-state index in [-0.39, 0.29) is 11.8 Å². The maximum absolute atomic E-state index is 12.3. The van der Waals surface area contributed by atoms with Gasteiger partial charge in [0.15, 0.2) is 11.5 Å². The maximum Gasteiger partial charge on any atom is 0.228 e. The highest BCUT2D eigenvalue weighted by atomic mass is 16.5. The van der Waals surface area contributed by atoms with Crippen LogP contribution in [0.2, 0.25) is 0 Å². The summed E-state index contributed by atoms with van der Waals surface area (Å²) in [5, 5.41) is 6.24. The van der Waals surface area contributed by atoms with Gasteiger partial charge in [0.25, 0.3) is 0 Å². The van der Waals surface area contributed by atoms with Gasteiger partial charge in [-0.15, -0.1) is 0 Å². The van der Waals surface area contributed by atoms with E-state index in [1.54, 1.807) is 14.2 Å². The van der Waals surface area contributed by atoms with Gasteiger partial charge in [-0.2, -0.15) is 0 Å². The summed E-state index contributed by atoms with van der Waals surface area (Å²) in [5.74, 6) is 1.39. The van der Waals surface area contributed by atoms with Crippen LogP contribution >= 0.6 is 0 Å². The van der Waals surface area contributed by atoms with Crippen LogP contribution in [0.5, 0.6) is 11.5 Å². The first kappa shape index (κ1) is 14.7. The number of anilines is 1. The third-order valence-electron chi connectivity index (χ3n) is 3.66. The fourth-order valence-electron chi connectivity index (χ4n) is 2.43. The Bertz CT molecular complexity index is 482. The van der Waals surface area contributed by atoms with Gasteiger partial charge >= 0.3 is 0 Å². The molecule has 0 saturated carbocycles. The molecule has 1 amide bonds. The quantitative estimate of drug-likeness (QED) is 0.884. The van der Waals surface area contributed by atoms with E-state index in [9.17, 15) is 4.79 Å². The second-order valence-corrected chi connectivity index (χ2v) is 5.05. The number of rotatable bonds is 4. The number of nitrogens with one attached hydrogen (secondary N) is 2. The molecule has 5 nitrogen and oxygen atoms in total. The van der Waals surface area contributed by atoms with Crippen LogP contribution in [-0.2, 0) is 4.79 Å². The number of hydrogen-bond donors (Lipinski definition) is 2. The number of ether oxygens (including phenoxy) is 2. The van der Waals surface area contributed by atoms with Crippen molar-refractivity contribution in [3.63, 3.8) is 0 Å². The van der Waals surface area contributed by atoms with Crippen LogP contribution in [0.3, 0.4) is 0 Å². The summed E-state index contributed by atoms with van der Waals surface area (Å²) in [6, 6.07) is 3.68. The molecule has 1 aromatic carbocycles. The summed E-state index contributed by atoms with van der Waals surface area (Å²) in [4.78, 5) is 12.3. The van der Waals surface area contributed by atoms with E-state index in [1.165, 1.54) is 0 Å². The zero-order valence-electron chi connectivity index (χ0n) is 12.3. The molecule has 1 aliphatic heterocycles. The Morgan fingerprint density at radius 1 is 1.30 bits per heavy atom. The van der Waals surface area contributed by atoms with Crippen molar-refractivity contribution in [1.82, 2.24) is 5.32 Å². The molecule has 2 N–H and O–H groups in total. The number of carbonyl (C=O) groups is 1. The lowest BCUT2D eigenvalue weighted by Crippen LogP contribution is -2.37. The number of piperidine rings is 1. The van der Waals surface area contributed by atoms with Crippen LogP contribution in [0, 0.1) is 12.8 Å². The lowest BCUT2D eigenvalue weighted by atomic mass is 9.98. The fourth-order valence-corrected chi connectivity index (χ4v) is 2.43. The summed E-state index contributed by atoms with van der Waals surface area (Å²) in [7, 11) is 3.19. The first-order valence-corrected chi connectivity index (χ1v) is 6.90. The Kier molecular flexibility index (Phi) is 4.84. The Labute approximate surface area is 119 Å². The van der Waals surface area contributed by atoms with Gasteiger partial charge in [0.2, 0.25) is 5.91 Å². The lowest BCUT2D eigenvalue weighted by Gasteiger charge is -2.22. The van der Waals surface area contributed by atoms with E-state index in [2.05, 4.69) is 10.6 Å². The molecule has 1 aromatic rings. The first-order chi connectivity index (χ1) is 9.65. The zero-order chi connectivity index (χ0) is 14.5. The van der Waals surface area contributed by atoms with Crippen LogP contribution in [-0.4, -0.2) is 33.2 Å². The summed E-state index contributed by atoms with van der Waals surface area (Å²) in [6.45, 7) is 3.69. The number of aryl methyl sites for hydroxylation is 1. The molecular formula is C15H22N2O3. The molecule has 1 saturated heterocycles. The summed E-state index contributed by atoms with van der Waals surface area (Å²) >= 11 is 0. The average Bonchev–Trinajstić information content (AvgIpc) is 2.49. The highest BCUT2D eigenvalue weighted by Gasteiger charge is 2.21. The molecule has 1 heterocycles. The molecular weight excluding hydrogens is 256 g/mol. The van der Waals surface area contributed by atoms with Crippen molar-refractivity contribution in [3.05, 3.63) is 17.7 Å². The predicted molar refractivity (Wildman–Crippen MR) is 78.5 cm³/mol. The van der Waals surface area contributed by atoms with E-state index in [0.29, 0.717) is 11.5 Å². The van der Waals surface area contributed by atoms with Crippen LogP contribution in [0.1, 0.15) is 18.4 Å². The molecule has 1 aliphatic rings. The monoisotopic (exact) mass is 278 g/mol. The average molecular weight is 278 g/mol. The predicted octanol–water partition coefficient (Wildman–Crippen LogP) is 1.95. The lowest BCUT2D eigenvalue weighted by molar-refractivity contribution is -0.120. The molecule has 5 heteroatoms.